The van der Waals surface area contributed by atoms with E-state index in [0.717, 1.165) is 70.6 Å². The van der Waals surface area contributed by atoms with Crippen LogP contribution in [0.25, 0.3) is 0 Å². The first kappa shape index (κ1) is 54.3. The number of aliphatic hydroxyl groups is 1. The molecule has 1 N–H and O–H groups in total. The minimum atomic E-state index is -0.780. The van der Waals surface area contributed by atoms with E-state index in [0.29, 0.717) is 12.8 Å². The van der Waals surface area contributed by atoms with Crippen molar-refractivity contribution in [2.24, 2.45) is 0 Å². The molecule has 1 unspecified atom stereocenters. The fourth-order valence-electron chi connectivity index (χ4n) is 6.63. The smallest absolute Gasteiger partial charge is 0.306 e. The maximum atomic E-state index is 12.2. The average Bonchev–Trinajstić information content (AvgIpc) is 3.21. The van der Waals surface area contributed by atoms with E-state index in [-0.39, 0.29) is 25.2 Å². The first-order chi connectivity index (χ1) is 28.1. The molecule has 0 aliphatic rings. The van der Waals surface area contributed by atoms with Crippen LogP contribution in [0.3, 0.4) is 0 Å². The lowest BCUT2D eigenvalue weighted by molar-refractivity contribution is -0.161. The van der Waals surface area contributed by atoms with Crippen molar-refractivity contribution in [1.82, 2.24) is 0 Å². The lowest BCUT2D eigenvalue weighted by atomic mass is 10.1. The minimum Gasteiger partial charge on any atom is -0.462 e. The Labute approximate surface area is 353 Å². The van der Waals surface area contributed by atoms with E-state index in [1.165, 1.54) is 128 Å². The summed E-state index contributed by atoms with van der Waals surface area (Å²) in [5.41, 5.74) is 0. The summed E-state index contributed by atoms with van der Waals surface area (Å²) in [6, 6.07) is 0. The second kappa shape index (κ2) is 47.7. The van der Waals surface area contributed by atoms with Gasteiger partial charge >= 0.3 is 11.9 Å². The van der Waals surface area contributed by atoms with E-state index >= 15 is 0 Å². The highest BCUT2D eigenvalue weighted by molar-refractivity contribution is 5.70. The summed E-state index contributed by atoms with van der Waals surface area (Å²) in [5.74, 6) is -0.602. The van der Waals surface area contributed by atoms with Gasteiger partial charge < -0.3 is 14.6 Å². The number of carbonyl (C=O) groups is 2. The van der Waals surface area contributed by atoms with Crippen LogP contribution in [-0.4, -0.2) is 36.4 Å². The highest BCUT2D eigenvalue weighted by Gasteiger charge is 2.16. The third-order valence-corrected chi connectivity index (χ3v) is 10.2. The van der Waals surface area contributed by atoms with Gasteiger partial charge in [0.05, 0.1) is 6.61 Å². The zero-order valence-electron chi connectivity index (χ0n) is 37.3. The number of aliphatic hydroxyl groups excluding tert-OH is 1. The van der Waals surface area contributed by atoms with E-state index in [4.69, 9.17) is 9.47 Å². The molecular formula is C52H90O5. The van der Waals surface area contributed by atoms with Gasteiger partial charge in [-0.3, -0.25) is 9.59 Å². The van der Waals surface area contributed by atoms with Crippen LogP contribution in [0.5, 0.6) is 0 Å². The van der Waals surface area contributed by atoms with Gasteiger partial charge in [0, 0.05) is 12.8 Å². The maximum Gasteiger partial charge on any atom is 0.306 e. The van der Waals surface area contributed by atoms with Crippen LogP contribution < -0.4 is 0 Å². The normalized spacial score (nSPS) is 12.8. The molecule has 0 aliphatic carbocycles. The molecule has 0 heterocycles. The summed E-state index contributed by atoms with van der Waals surface area (Å²) in [6.07, 6.45) is 64.1. The minimum absolute atomic E-state index is 0.0725. The molecule has 57 heavy (non-hydrogen) atoms. The summed E-state index contributed by atoms with van der Waals surface area (Å²) in [4.78, 5) is 24.4. The highest BCUT2D eigenvalue weighted by atomic mass is 16.6. The number of esters is 2. The van der Waals surface area contributed by atoms with Crippen LogP contribution in [0.15, 0.2) is 72.9 Å². The van der Waals surface area contributed by atoms with Crippen LogP contribution in [-0.2, 0) is 19.1 Å². The molecular weight excluding hydrogens is 705 g/mol. The summed E-state index contributed by atoms with van der Waals surface area (Å²) in [7, 11) is 0. The fraction of sp³-hybridized carbons (Fsp3) is 0.731. The van der Waals surface area contributed by atoms with Crippen LogP contribution in [0, 0.1) is 0 Å². The van der Waals surface area contributed by atoms with Crippen LogP contribution in [0.4, 0.5) is 0 Å². The van der Waals surface area contributed by atoms with Gasteiger partial charge in [0.15, 0.2) is 6.10 Å². The van der Waals surface area contributed by atoms with Crippen molar-refractivity contribution in [1.29, 1.82) is 0 Å². The van der Waals surface area contributed by atoms with Crippen molar-refractivity contribution in [3.63, 3.8) is 0 Å². The van der Waals surface area contributed by atoms with E-state index in [1.54, 1.807) is 0 Å². The third kappa shape index (κ3) is 45.9. The van der Waals surface area contributed by atoms with Gasteiger partial charge in [0.25, 0.3) is 0 Å². The molecule has 0 aromatic heterocycles. The summed E-state index contributed by atoms with van der Waals surface area (Å²) in [6.45, 7) is 4.02. The molecule has 1 atom stereocenters. The first-order valence-corrected chi connectivity index (χ1v) is 24.0. The Bertz CT molecular complexity index is 1040. The van der Waals surface area contributed by atoms with E-state index in [1.807, 2.05) is 0 Å². The topological polar surface area (TPSA) is 72.8 Å². The molecule has 0 aliphatic heterocycles. The lowest BCUT2D eigenvalue weighted by Crippen LogP contribution is -2.28. The quantitative estimate of drug-likeness (QED) is 0.0378. The maximum absolute atomic E-state index is 12.2. The van der Waals surface area contributed by atoms with Crippen molar-refractivity contribution in [3.05, 3.63) is 72.9 Å². The van der Waals surface area contributed by atoms with Crippen molar-refractivity contribution in [2.45, 2.75) is 232 Å². The monoisotopic (exact) mass is 795 g/mol. The Morgan fingerprint density at radius 3 is 1.16 bits per heavy atom. The Morgan fingerprint density at radius 1 is 0.421 bits per heavy atom. The van der Waals surface area contributed by atoms with Gasteiger partial charge in [0.2, 0.25) is 0 Å². The highest BCUT2D eigenvalue weighted by Crippen LogP contribution is 2.14. The molecule has 0 radical (unpaired) electrons. The fourth-order valence-corrected chi connectivity index (χ4v) is 6.63. The molecule has 0 amide bonds. The summed E-state index contributed by atoms with van der Waals surface area (Å²) in [5, 5.41) is 9.61. The Hall–Kier alpha value is -2.66. The predicted molar refractivity (Wildman–Crippen MR) is 246 cm³/mol. The number of ether oxygens (including phenoxy) is 2. The van der Waals surface area contributed by atoms with Gasteiger partial charge in [-0.1, -0.05) is 202 Å². The Kier molecular flexibility index (Phi) is 45.5. The van der Waals surface area contributed by atoms with Crippen molar-refractivity contribution in [3.8, 4) is 0 Å². The van der Waals surface area contributed by atoms with Gasteiger partial charge in [-0.15, -0.1) is 0 Å². The molecule has 0 fully saturated rings. The summed E-state index contributed by atoms with van der Waals surface area (Å²) < 4.78 is 10.7. The zero-order chi connectivity index (χ0) is 41.4. The largest absolute Gasteiger partial charge is 0.462 e. The molecule has 0 aromatic carbocycles. The zero-order valence-corrected chi connectivity index (χ0v) is 37.3. The first-order valence-electron chi connectivity index (χ1n) is 24.0. The van der Waals surface area contributed by atoms with Gasteiger partial charge in [-0.25, -0.2) is 0 Å². The second-order valence-corrected chi connectivity index (χ2v) is 15.8. The number of hydrogen-bond acceptors (Lipinski definition) is 5. The SMILES string of the molecule is CC/C=C\C/C=C\C/C=C\C/C=C\C/C=C\CCCCCCCCCCCC(=O)OC(CO)COC(=O)CCCCCCCCC/C=C\CCCCCCCCC. The molecule has 0 bridgehead atoms. The van der Waals surface area contributed by atoms with Crippen molar-refractivity contribution < 1.29 is 24.2 Å². The van der Waals surface area contributed by atoms with Crippen molar-refractivity contribution >= 4 is 11.9 Å². The second-order valence-electron chi connectivity index (χ2n) is 15.8. The number of rotatable bonds is 43. The van der Waals surface area contributed by atoms with Gasteiger partial charge in [-0.2, -0.15) is 0 Å². The van der Waals surface area contributed by atoms with Crippen LogP contribution in [0.1, 0.15) is 226 Å². The van der Waals surface area contributed by atoms with Gasteiger partial charge in [-0.05, 0) is 83.5 Å². The van der Waals surface area contributed by atoms with Crippen molar-refractivity contribution in [2.75, 3.05) is 13.2 Å². The molecule has 0 aromatic rings. The van der Waals surface area contributed by atoms with Crippen LogP contribution in [0.2, 0.25) is 0 Å². The Morgan fingerprint density at radius 2 is 0.754 bits per heavy atom. The standard InChI is InChI=1S/C52H90O5/c1-3-5-7-9-11-13-15-17-19-21-23-24-25-26-27-28-29-31-33-35-37-39-41-43-45-47-52(55)57-50(48-53)49-56-51(54)46-44-42-40-38-36-34-32-30-22-20-18-16-14-12-10-8-6-4-2/h5,7,11,13,17,19-20,22-24,26-27,50,53H,3-4,6,8-10,12,14-16,18,21,25,28-49H2,1-2H3/b7-5-,13-11-,19-17-,22-20-,24-23-,27-26-. The summed E-state index contributed by atoms with van der Waals surface area (Å²) >= 11 is 0. The lowest BCUT2D eigenvalue weighted by Gasteiger charge is -2.15. The number of allylic oxidation sites excluding steroid dienone is 12. The average molecular weight is 795 g/mol. The van der Waals surface area contributed by atoms with Gasteiger partial charge in [0.1, 0.15) is 6.61 Å². The van der Waals surface area contributed by atoms with E-state index in [9.17, 15) is 14.7 Å². The molecule has 5 heteroatoms. The molecule has 0 spiro atoms. The molecule has 0 rings (SSSR count). The third-order valence-electron chi connectivity index (χ3n) is 10.2. The molecule has 0 saturated heterocycles. The molecule has 0 saturated carbocycles. The Balaban J connectivity index is 3.55. The molecule has 5 nitrogen and oxygen atoms in total. The number of unbranched alkanes of at least 4 members (excludes halogenated alkanes) is 23. The van der Waals surface area contributed by atoms with E-state index < -0.39 is 6.10 Å². The number of hydrogen-bond donors (Lipinski definition) is 1. The molecule has 328 valence electrons. The van der Waals surface area contributed by atoms with E-state index in [2.05, 4.69) is 86.8 Å². The van der Waals surface area contributed by atoms with Crippen LogP contribution >= 0.6 is 0 Å². The predicted octanol–water partition coefficient (Wildman–Crippen LogP) is 15.7. The number of carbonyl (C=O) groups excluding carboxylic acids is 2.